The molecule has 0 radical (unpaired) electrons. The first-order valence-corrected chi connectivity index (χ1v) is 12.1. The smallest absolute Gasteiger partial charge is 0.270 e. The van der Waals surface area contributed by atoms with Crippen molar-refractivity contribution in [3.05, 3.63) is 56.5 Å². The Morgan fingerprint density at radius 3 is 2.79 bits per heavy atom. The topological polar surface area (TPSA) is 124 Å². The lowest BCUT2D eigenvalue weighted by molar-refractivity contribution is -0.384. The number of nitro groups is 1. The molecule has 0 spiro atoms. The number of ketones is 1. The predicted octanol–water partition coefficient (Wildman–Crippen LogP) is 5.52. The van der Waals surface area contributed by atoms with Crippen molar-refractivity contribution in [3.8, 4) is 5.75 Å². The molecule has 2 aromatic heterocycles. The van der Waals surface area contributed by atoms with E-state index in [1.54, 1.807) is 18.2 Å². The Balaban J connectivity index is 1.68. The van der Waals surface area contributed by atoms with E-state index in [9.17, 15) is 20.0 Å². The second kappa shape index (κ2) is 9.84. The van der Waals surface area contributed by atoms with E-state index < -0.39 is 4.92 Å². The lowest BCUT2D eigenvalue weighted by Crippen LogP contribution is -2.05. The summed E-state index contributed by atoms with van der Waals surface area (Å²) in [6.07, 6.45) is 3.03. The van der Waals surface area contributed by atoms with E-state index in [0.29, 0.717) is 32.7 Å². The SMILES string of the molecule is CCCCCn1c2ccc([N+](=O)[O-])cc2c2nnc(SCC(=O)c3cc(Br)ccc3O)nc21. The maximum Gasteiger partial charge on any atom is 0.270 e. The predicted molar refractivity (Wildman–Crippen MR) is 130 cm³/mol. The van der Waals surface area contributed by atoms with Crippen LogP contribution in [0.5, 0.6) is 5.75 Å². The Morgan fingerprint density at radius 1 is 1.21 bits per heavy atom. The molecule has 4 aromatic rings. The molecule has 0 atom stereocenters. The van der Waals surface area contributed by atoms with Gasteiger partial charge in [0.25, 0.3) is 5.69 Å². The maximum absolute atomic E-state index is 12.6. The lowest BCUT2D eigenvalue weighted by Gasteiger charge is -2.07. The second-order valence-corrected chi connectivity index (χ2v) is 9.32. The minimum atomic E-state index is -0.437. The van der Waals surface area contributed by atoms with Crippen LogP contribution in [0.1, 0.15) is 36.5 Å². The molecule has 0 unspecified atom stereocenters. The number of thioether (sulfide) groups is 1. The monoisotopic (exact) mass is 529 g/mol. The molecule has 2 heterocycles. The number of carbonyl (C=O) groups is 1. The van der Waals surface area contributed by atoms with Crippen LogP contribution in [0, 0.1) is 10.1 Å². The van der Waals surface area contributed by atoms with Crippen LogP contribution in [0.15, 0.2) is 46.0 Å². The van der Waals surface area contributed by atoms with Gasteiger partial charge in [0, 0.05) is 28.5 Å². The summed E-state index contributed by atoms with van der Waals surface area (Å²) in [6, 6.07) is 9.37. The van der Waals surface area contributed by atoms with Crippen LogP contribution in [0.2, 0.25) is 0 Å². The van der Waals surface area contributed by atoms with Gasteiger partial charge in [-0.15, -0.1) is 10.2 Å². The number of halogens is 1. The average Bonchev–Trinajstić information content (AvgIpc) is 3.11. The first-order chi connectivity index (χ1) is 15.9. The van der Waals surface area contributed by atoms with Crippen LogP contribution < -0.4 is 0 Å². The van der Waals surface area contributed by atoms with Crippen LogP contribution in [-0.4, -0.2) is 41.3 Å². The van der Waals surface area contributed by atoms with E-state index in [-0.39, 0.29) is 28.5 Å². The molecular weight excluding hydrogens is 510 g/mol. The number of aromatic nitrogens is 4. The van der Waals surface area contributed by atoms with E-state index in [0.717, 1.165) is 36.5 Å². The Labute approximate surface area is 201 Å². The Hall–Kier alpha value is -3.05. The summed E-state index contributed by atoms with van der Waals surface area (Å²) >= 11 is 4.43. The minimum absolute atomic E-state index is 0.0187. The Morgan fingerprint density at radius 2 is 2.03 bits per heavy atom. The van der Waals surface area contributed by atoms with Crippen LogP contribution in [-0.2, 0) is 6.54 Å². The van der Waals surface area contributed by atoms with Crippen LogP contribution >= 0.6 is 27.7 Å². The fourth-order valence-corrected chi connectivity index (χ4v) is 4.62. The van der Waals surface area contributed by atoms with E-state index in [1.165, 1.54) is 18.2 Å². The number of rotatable bonds is 9. The quantitative estimate of drug-likeness (QED) is 0.0986. The average molecular weight is 530 g/mol. The van der Waals surface area contributed by atoms with Crippen molar-refractivity contribution in [1.82, 2.24) is 19.7 Å². The number of phenolic OH excluding ortho intramolecular Hbond substituents is 1. The van der Waals surface area contributed by atoms with Crippen LogP contribution in [0.4, 0.5) is 5.69 Å². The first-order valence-electron chi connectivity index (χ1n) is 10.3. The Bertz CT molecular complexity index is 1370. The van der Waals surface area contributed by atoms with Gasteiger partial charge in [-0.2, -0.15) is 0 Å². The molecule has 0 aliphatic rings. The zero-order chi connectivity index (χ0) is 23.5. The zero-order valence-electron chi connectivity index (χ0n) is 17.7. The van der Waals surface area contributed by atoms with Crippen molar-refractivity contribution in [2.45, 2.75) is 37.9 Å². The number of non-ortho nitro benzene ring substituents is 1. The van der Waals surface area contributed by atoms with Crippen molar-refractivity contribution >= 4 is 61.2 Å². The number of fused-ring (bicyclic) bond motifs is 3. The summed E-state index contributed by atoms with van der Waals surface area (Å²) in [5.74, 6) is -0.323. The highest BCUT2D eigenvalue weighted by Crippen LogP contribution is 2.31. The third-order valence-electron chi connectivity index (χ3n) is 5.22. The summed E-state index contributed by atoms with van der Waals surface area (Å²) in [4.78, 5) is 28.0. The van der Waals surface area contributed by atoms with Crippen molar-refractivity contribution in [3.63, 3.8) is 0 Å². The summed E-state index contributed by atoms with van der Waals surface area (Å²) in [6.45, 7) is 2.81. The summed E-state index contributed by atoms with van der Waals surface area (Å²) < 4.78 is 2.70. The van der Waals surface area contributed by atoms with Crippen molar-refractivity contribution in [1.29, 1.82) is 0 Å². The molecule has 4 rings (SSSR count). The fourth-order valence-electron chi connectivity index (χ4n) is 3.59. The number of hydrogen-bond acceptors (Lipinski definition) is 8. The first kappa shape index (κ1) is 23.1. The van der Waals surface area contributed by atoms with Gasteiger partial charge < -0.3 is 9.67 Å². The number of benzene rings is 2. The van der Waals surface area contributed by atoms with Gasteiger partial charge in [-0.05, 0) is 30.7 Å². The van der Waals surface area contributed by atoms with Gasteiger partial charge in [-0.1, -0.05) is 47.5 Å². The molecule has 9 nitrogen and oxygen atoms in total. The summed E-state index contributed by atoms with van der Waals surface area (Å²) in [5.41, 5.74) is 2.08. The molecule has 0 aliphatic carbocycles. The summed E-state index contributed by atoms with van der Waals surface area (Å²) in [7, 11) is 0. The number of aryl methyl sites for hydroxylation is 1. The molecule has 0 saturated carbocycles. The molecule has 0 fully saturated rings. The van der Waals surface area contributed by atoms with Gasteiger partial charge in [0.2, 0.25) is 5.16 Å². The number of unbranched alkanes of at least 4 members (excludes halogenated alkanes) is 2. The molecule has 0 aliphatic heterocycles. The normalized spacial score (nSPS) is 11.3. The number of nitrogens with zero attached hydrogens (tertiary/aromatic N) is 5. The van der Waals surface area contributed by atoms with Crippen molar-refractivity contribution in [2.24, 2.45) is 0 Å². The third kappa shape index (κ3) is 4.83. The minimum Gasteiger partial charge on any atom is -0.507 e. The van der Waals surface area contributed by atoms with Crippen LogP contribution in [0.25, 0.3) is 22.1 Å². The largest absolute Gasteiger partial charge is 0.507 e. The number of nitro benzene ring substituents is 1. The van der Waals surface area contributed by atoms with Gasteiger partial charge in [0.1, 0.15) is 11.3 Å². The molecule has 170 valence electrons. The fraction of sp³-hybridized carbons (Fsp3) is 0.273. The van der Waals surface area contributed by atoms with Gasteiger partial charge in [0.05, 0.1) is 21.8 Å². The third-order valence-corrected chi connectivity index (χ3v) is 6.55. The molecular formula is C22H20BrN5O4S. The number of Topliss-reactive ketones (excluding diaryl/α,β-unsaturated/α-hetero) is 1. The van der Waals surface area contributed by atoms with Crippen molar-refractivity contribution in [2.75, 3.05) is 5.75 Å². The second-order valence-electron chi connectivity index (χ2n) is 7.46. The molecule has 0 saturated heterocycles. The maximum atomic E-state index is 12.6. The van der Waals surface area contributed by atoms with E-state index in [2.05, 4.69) is 38.0 Å². The molecule has 1 N–H and O–H groups in total. The van der Waals surface area contributed by atoms with Gasteiger partial charge in [-0.3, -0.25) is 14.9 Å². The standard InChI is InChI=1S/C22H20BrN5O4S/c1-2-3-4-9-27-17-7-6-14(28(31)32)11-15(17)20-21(27)24-22(26-25-20)33-12-19(30)16-10-13(23)5-8-18(16)29/h5-8,10-11,29H,2-4,9,12H2,1H3. The van der Waals surface area contributed by atoms with E-state index >= 15 is 0 Å². The molecule has 33 heavy (non-hydrogen) atoms. The molecule has 11 heteroatoms. The van der Waals surface area contributed by atoms with Crippen molar-refractivity contribution < 1.29 is 14.8 Å². The highest BCUT2D eigenvalue weighted by molar-refractivity contribution is 9.10. The highest BCUT2D eigenvalue weighted by atomic mass is 79.9. The number of carbonyl (C=O) groups excluding carboxylic acids is 1. The zero-order valence-corrected chi connectivity index (χ0v) is 20.1. The molecule has 0 amide bonds. The number of phenols is 1. The van der Waals surface area contributed by atoms with Gasteiger partial charge in [0.15, 0.2) is 11.4 Å². The van der Waals surface area contributed by atoms with E-state index in [4.69, 9.17) is 0 Å². The van der Waals surface area contributed by atoms with Crippen LogP contribution in [0.3, 0.4) is 0 Å². The number of hydrogen-bond donors (Lipinski definition) is 1. The van der Waals surface area contributed by atoms with E-state index in [1.807, 2.05) is 4.57 Å². The molecule has 0 bridgehead atoms. The Kier molecular flexibility index (Phi) is 6.89. The molecule has 2 aromatic carbocycles. The number of aromatic hydroxyl groups is 1. The highest BCUT2D eigenvalue weighted by Gasteiger charge is 2.19. The lowest BCUT2D eigenvalue weighted by atomic mass is 10.1. The van der Waals surface area contributed by atoms with Gasteiger partial charge >= 0.3 is 0 Å². The summed E-state index contributed by atoms with van der Waals surface area (Å²) in [5, 5.41) is 30.6. The van der Waals surface area contributed by atoms with Gasteiger partial charge in [-0.25, -0.2) is 4.98 Å².